The third-order valence-electron chi connectivity index (χ3n) is 10.4. The van der Waals surface area contributed by atoms with Crippen LogP contribution in [-0.2, 0) is 21.1 Å². The first-order chi connectivity index (χ1) is 32.3. The van der Waals surface area contributed by atoms with Crippen molar-refractivity contribution in [2.45, 2.75) is 104 Å². The number of aryl methyl sites for hydroxylation is 6. The van der Waals surface area contributed by atoms with E-state index in [0.29, 0.717) is 0 Å². The van der Waals surface area contributed by atoms with Crippen molar-refractivity contribution in [3.63, 3.8) is 0 Å². The fourth-order valence-corrected chi connectivity index (χ4v) is 7.38. The van der Waals surface area contributed by atoms with Crippen LogP contribution in [0.3, 0.4) is 0 Å². The van der Waals surface area contributed by atoms with Crippen LogP contribution >= 0.6 is 0 Å². The van der Waals surface area contributed by atoms with Crippen LogP contribution in [0.25, 0.3) is 66.2 Å². The van der Waals surface area contributed by atoms with Crippen LogP contribution in [0, 0.1) is 20.8 Å². The van der Waals surface area contributed by atoms with Gasteiger partial charge in [-0.3, -0.25) is 0 Å². The molecule has 0 saturated heterocycles. The van der Waals surface area contributed by atoms with E-state index in [1.165, 1.54) is 82.9 Å². The Bertz CT molecular complexity index is 2690. The average molecular weight is 883 g/mol. The third kappa shape index (κ3) is 15.3. The van der Waals surface area contributed by atoms with Gasteiger partial charge in [-0.05, 0) is 90.7 Å². The minimum Gasteiger partial charge on any atom is -0.200 e. The van der Waals surface area contributed by atoms with Gasteiger partial charge in [0, 0.05) is 51.7 Å². The van der Waals surface area contributed by atoms with Crippen molar-refractivity contribution in [3.05, 3.63) is 199 Å². The van der Waals surface area contributed by atoms with Gasteiger partial charge in [-0.15, -0.1) is 0 Å². The summed E-state index contributed by atoms with van der Waals surface area (Å²) >= 11 is 0. The van der Waals surface area contributed by atoms with E-state index in [2.05, 4.69) is 238 Å². The van der Waals surface area contributed by atoms with Crippen LogP contribution in [0.2, 0.25) is 0 Å². The number of para-hydroxylation sites is 1. The Morgan fingerprint density at radius 3 is 1.26 bits per heavy atom. The minimum absolute atomic E-state index is 1.26. The van der Waals surface area contributed by atoms with E-state index in [-0.39, 0.29) is 0 Å². The summed E-state index contributed by atoms with van der Waals surface area (Å²) in [5.74, 6) is 0. The second kappa shape index (κ2) is 32.2. The predicted molar refractivity (Wildman–Crippen MR) is 294 cm³/mol. The zero-order valence-corrected chi connectivity index (χ0v) is 44.2. The van der Waals surface area contributed by atoms with E-state index in [1.807, 2.05) is 83.1 Å². The number of nitrogens with zero attached hydrogens (tertiary/aromatic N) is 3. The first-order valence-corrected chi connectivity index (χ1v) is 24.6. The maximum atomic E-state index is 2.26. The van der Waals surface area contributed by atoms with Gasteiger partial charge in [-0.25, -0.2) is 9.13 Å². The lowest BCUT2D eigenvalue weighted by Crippen LogP contribution is -2.32. The van der Waals surface area contributed by atoms with Crippen LogP contribution in [0.1, 0.15) is 99.8 Å². The Kier molecular flexibility index (Phi) is 28.1. The molecule has 0 bridgehead atoms. The zero-order chi connectivity index (χ0) is 49.6. The molecule has 66 heavy (non-hydrogen) atoms. The van der Waals surface area contributed by atoms with E-state index in [9.17, 15) is 0 Å². The molecule has 3 heterocycles. The molecule has 0 atom stereocenters. The quantitative estimate of drug-likeness (QED) is 0.157. The number of rotatable bonds is 3. The minimum atomic E-state index is 1.26. The van der Waals surface area contributed by atoms with Crippen molar-refractivity contribution in [1.82, 2.24) is 0 Å². The van der Waals surface area contributed by atoms with E-state index in [4.69, 9.17) is 0 Å². The second-order valence-electron chi connectivity index (χ2n) is 14.0. The summed E-state index contributed by atoms with van der Waals surface area (Å²) in [5, 5.41) is 6.43. The summed E-state index contributed by atoms with van der Waals surface area (Å²) in [6, 6.07) is 59.9. The Balaban J connectivity index is 0.000000443. The maximum absolute atomic E-state index is 2.26. The smallest absolute Gasteiger partial charge is 0.200 e. The largest absolute Gasteiger partial charge is 0.220 e. The molecular weight excluding hydrogens is 799 g/mol. The molecule has 3 heteroatoms. The topological polar surface area (TPSA) is 11.6 Å². The Labute approximate surface area is 402 Å². The molecule has 0 aliphatic carbocycles. The summed E-state index contributed by atoms with van der Waals surface area (Å²) in [4.78, 5) is 0. The van der Waals surface area contributed by atoms with Crippen molar-refractivity contribution in [3.8, 4) is 33.8 Å². The maximum Gasteiger partial charge on any atom is 0.220 e. The molecule has 6 aromatic carbocycles. The van der Waals surface area contributed by atoms with Gasteiger partial charge in [0.1, 0.15) is 21.1 Å². The summed E-state index contributed by atoms with van der Waals surface area (Å²) < 4.78 is 6.66. The summed E-state index contributed by atoms with van der Waals surface area (Å²) in [7, 11) is 6.34. The van der Waals surface area contributed by atoms with Gasteiger partial charge >= 0.3 is 0 Å². The van der Waals surface area contributed by atoms with Crippen LogP contribution < -0.4 is 13.7 Å². The summed E-state index contributed by atoms with van der Waals surface area (Å²) in [6.07, 6.45) is 4.32. The number of benzene rings is 6. The van der Waals surface area contributed by atoms with Crippen molar-refractivity contribution in [2.24, 2.45) is 21.1 Å². The number of pyridine rings is 3. The predicted octanol–water partition coefficient (Wildman–Crippen LogP) is 17.1. The van der Waals surface area contributed by atoms with Crippen molar-refractivity contribution < 1.29 is 13.7 Å². The molecule has 0 spiro atoms. The molecule has 0 saturated carbocycles. The molecule has 348 valence electrons. The van der Waals surface area contributed by atoms with Crippen molar-refractivity contribution >= 4 is 32.4 Å². The van der Waals surface area contributed by atoms with Crippen molar-refractivity contribution in [1.29, 1.82) is 0 Å². The summed E-state index contributed by atoms with van der Waals surface area (Å²) in [5.41, 5.74) is 12.9. The Morgan fingerprint density at radius 2 is 0.727 bits per heavy atom. The normalized spacial score (nSPS) is 9.36. The second-order valence-corrected chi connectivity index (χ2v) is 14.0. The number of fused-ring (bicyclic) bond motifs is 3. The number of aromatic nitrogens is 3. The SMILES string of the molecule is CC.CC.CC.CC.CC.CC.Cc1ccccc1-c1c2ccccc2cc[n+]1C.Cc1ccccc1-c1cc2ccccc2c[n+]1C.Cc1ccccc1-c1ccc2ccccc2[n+]1C. The highest BCUT2D eigenvalue weighted by Gasteiger charge is 2.17. The van der Waals surface area contributed by atoms with Crippen LogP contribution in [-0.4, -0.2) is 0 Å². The van der Waals surface area contributed by atoms with E-state index in [0.717, 1.165) is 0 Å². The van der Waals surface area contributed by atoms with Gasteiger partial charge in [-0.1, -0.05) is 186 Å². The lowest BCUT2D eigenvalue weighted by molar-refractivity contribution is -0.659. The molecule has 0 amide bonds. The Morgan fingerprint density at radius 1 is 0.318 bits per heavy atom. The van der Waals surface area contributed by atoms with Crippen molar-refractivity contribution in [2.75, 3.05) is 0 Å². The fourth-order valence-electron chi connectivity index (χ4n) is 7.38. The third-order valence-corrected chi connectivity index (χ3v) is 10.4. The molecule has 3 aromatic heterocycles. The molecule has 0 N–H and O–H groups in total. The first-order valence-electron chi connectivity index (χ1n) is 24.6. The number of hydrogen-bond donors (Lipinski definition) is 0. The van der Waals surface area contributed by atoms with E-state index >= 15 is 0 Å². The molecular formula is C63H84N3+3. The van der Waals surface area contributed by atoms with Crippen LogP contribution in [0.4, 0.5) is 0 Å². The van der Waals surface area contributed by atoms with Gasteiger partial charge in [0.05, 0.1) is 5.39 Å². The Hall–Kier alpha value is -6.45. The van der Waals surface area contributed by atoms with Gasteiger partial charge < -0.3 is 0 Å². The van der Waals surface area contributed by atoms with Crippen LogP contribution in [0.5, 0.6) is 0 Å². The molecule has 9 rings (SSSR count). The highest BCUT2D eigenvalue weighted by atomic mass is 14.9. The molecule has 0 radical (unpaired) electrons. The van der Waals surface area contributed by atoms with Gasteiger partial charge in [0.2, 0.25) is 22.6 Å². The highest BCUT2D eigenvalue weighted by molar-refractivity contribution is 5.93. The standard InChI is InChI=1S/3C17H16N.6C2H6/c1-13-7-3-6-10-16(13)17-11-14-8-4-5-9-15(14)12-18(17)2;1-13-7-3-5-9-15(13)17-16-10-6-4-8-14(16)11-12-18(17)2;1-13-7-3-5-9-15(13)17-12-11-14-8-4-6-10-16(14)18(17)2;6*1-2/h3*3-12H,1-2H3;6*1-2H3/q3*+1;;;;;;. The van der Waals surface area contributed by atoms with E-state index < -0.39 is 0 Å². The molecule has 0 fully saturated rings. The van der Waals surface area contributed by atoms with Crippen LogP contribution in [0.15, 0.2) is 182 Å². The van der Waals surface area contributed by atoms with Gasteiger partial charge in [0.15, 0.2) is 12.4 Å². The molecule has 0 aliphatic rings. The lowest BCUT2D eigenvalue weighted by atomic mass is 10.00. The molecule has 0 aliphatic heterocycles. The zero-order valence-electron chi connectivity index (χ0n) is 44.2. The molecule has 3 nitrogen and oxygen atoms in total. The molecule has 9 aromatic rings. The molecule has 0 unspecified atom stereocenters. The average Bonchev–Trinajstić information content (AvgIpc) is 3.39. The number of hydrogen-bond acceptors (Lipinski definition) is 0. The monoisotopic (exact) mass is 883 g/mol. The van der Waals surface area contributed by atoms with Gasteiger partial charge in [0.25, 0.3) is 0 Å². The van der Waals surface area contributed by atoms with E-state index in [1.54, 1.807) is 0 Å². The fraction of sp³-hybridized carbons (Fsp3) is 0.286. The lowest BCUT2D eigenvalue weighted by Gasteiger charge is -2.07. The highest BCUT2D eigenvalue weighted by Crippen LogP contribution is 2.28. The summed E-state index contributed by atoms with van der Waals surface area (Å²) in [6.45, 7) is 30.5. The first kappa shape index (κ1) is 57.6. The van der Waals surface area contributed by atoms with Gasteiger partial charge in [-0.2, -0.15) is 4.57 Å².